The van der Waals surface area contributed by atoms with E-state index in [2.05, 4.69) is 15.0 Å². The molecule has 0 aromatic heterocycles. The minimum atomic E-state index is -3.37. The fourth-order valence-electron chi connectivity index (χ4n) is 2.88. The van der Waals surface area contributed by atoms with Crippen molar-refractivity contribution in [2.75, 3.05) is 52.7 Å². The number of halogens is 2. The van der Waals surface area contributed by atoms with Gasteiger partial charge >= 0.3 is 0 Å². The molecule has 1 atom stereocenters. The number of rotatable bonds is 10. The second kappa shape index (κ2) is 14.3. The lowest BCUT2D eigenvalue weighted by Crippen LogP contribution is -2.44. The average Bonchev–Trinajstić information content (AvgIpc) is 2.72. The molecule has 1 saturated heterocycles. The quantitative estimate of drug-likeness (QED) is 0.253. The predicted octanol–water partition coefficient (Wildman–Crippen LogP) is 2.33. The molecule has 8 nitrogen and oxygen atoms in total. The van der Waals surface area contributed by atoms with Gasteiger partial charge in [-0.15, -0.1) is 24.0 Å². The zero-order valence-electron chi connectivity index (χ0n) is 17.5. The molecule has 1 aliphatic heterocycles. The molecule has 172 valence electrons. The molecule has 1 heterocycles. The van der Waals surface area contributed by atoms with E-state index in [4.69, 9.17) is 21.1 Å². The van der Waals surface area contributed by atoms with Crippen molar-refractivity contribution in [1.29, 1.82) is 0 Å². The van der Waals surface area contributed by atoms with Crippen LogP contribution in [0, 0.1) is 0 Å². The van der Waals surface area contributed by atoms with Crippen LogP contribution < -0.4 is 14.8 Å². The summed E-state index contributed by atoms with van der Waals surface area (Å²) in [5.74, 6) is 1.31. The number of aliphatic imine (C=N–C) groups is 1. The van der Waals surface area contributed by atoms with Crippen LogP contribution in [0.15, 0.2) is 29.3 Å². The Balaban J connectivity index is 0.00000450. The van der Waals surface area contributed by atoms with E-state index in [-0.39, 0.29) is 42.4 Å². The van der Waals surface area contributed by atoms with E-state index in [1.165, 1.54) is 0 Å². The van der Waals surface area contributed by atoms with Gasteiger partial charge in [-0.1, -0.05) is 11.6 Å². The largest absolute Gasteiger partial charge is 0.492 e. The highest BCUT2D eigenvalue weighted by Crippen LogP contribution is 2.15. The monoisotopic (exact) mass is 574 g/mol. The topological polar surface area (TPSA) is 92.3 Å². The zero-order chi connectivity index (χ0) is 21.1. The number of guanidine groups is 1. The lowest BCUT2D eigenvalue weighted by molar-refractivity contribution is 0.0200. The van der Waals surface area contributed by atoms with Crippen molar-refractivity contribution in [2.45, 2.75) is 25.4 Å². The first-order valence-electron chi connectivity index (χ1n) is 9.79. The first-order chi connectivity index (χ1) is 13.9. The van der Waals surface area contributed by atoms with Gasteiger partial charge in [-0.2, -0.15) is 0 Å². The molecule has 2 N–H and O–H groups in total. The number of hydrogen-bond acceptors (Lipinski definition) is 5. The van der Waals surface area contributed by atoms with Gasteiger partial charge in [0.05, 0.1) is 18.4 Å². The maximum Gasteiger partial charge on any atom is 0.213 e. The van der Waals surface area contributed by atoms with Crippen LogP contribution in [0.25, 0.3) is 0 Å². The number of nitrogens with zero attached hydrogens (tertiary/aromatic N) is 2. The summed E-state index contributed by atoms with van der Waals surface area (Å²) in [5.41, 5.74) is 0. The summed E-state index contributed by atoms with van der Waals surface area (Å²) < 4.78 is 38.2. The Morgan fingerprint density at radius 3 is 2.70 bits per heavy atom. The minimum absolute atomic E-state index is 0. The van der Waals surface area contributed by atoms with Crippen LogP contribution in [0.4, 0.5) is 0 Å². The average molecular weight is 575 g/mol. The third kappa shape index (κ3) is 10.5. The molecule has 30 heavy (non-hydrogen) atoms. The second-order valence-corrected chi connectivity index (χ2v) is 9.22. The van der Waals surface area contributed by atoms with Crippen molar-refractivity contribution in [1.82, 2.24) is 14.9 Å². The number of benzene rings is 1. The fraction of sp³-hybridized carbons (Fsp3) is 0.632. The van der Waals surface area contributed by atoms with Gasteiger partial charge in [0.15, 0.2) is 5.96 Å². The third-order valence-corrected chi connectivity index (χ3v) is 6.14. The molecule has 1 aromatic carbocycles. The Bertz CT molecular complexity index is 743. The van der Waals surface area contributed by atoms with Gasteiger partial charge in [-0.25, -0.2) is 13.1 Å². The van der Waals surface area contributed by atoms with Crippen LogP contribution >= 0.6 is 35.6 Å². The Morgan fingerprint density at radius 1 is 1.33 bits per heavy atom. The molecule has 0 spiro atoms. The highest BCUT2D eigenvalue weighted by Gasteiger charge is 2.18. The maximum atomic E-state index is 12.2. The highest BCUT2D eigenvalue weighted by molar-refractivity contribution is 14.0. The zero-order valence-corrected chi connectivity index (χ0v) is 21.4. The van der Waals surface area contributed by atoms with Gasteiger partial charge in [0.1, 0.15) is 12.4 Å². The molecule has 0 saturated carbocycles. The third-order valence-electron chi connectivity index (χ3n) is 4.54. The van der Waals surface area contributed by atoms with Crippen LogP contribution in [0.1, 0.15) is 19.3 Å². The molecule has 1 aromatic rings. The minimum Gasteiger partial charge on any atom is -0.492 e. The summed E-state index contributed by atoms with van der Waals surface area (Å²) in [5, 5.41) is 3.73. The maximum absolute atomic E-state index is 12.2. The molecule has 0 amide bonds. The number of ether oxygens (including phenoxy) is 2. The van der Waals surface area contributed by atoms with Gasteiger partial charge in [-0.05, 0) is 43.5 Å². The first-order valence-corrected chi connectivity index (χ1v) is 11.8. The fourth-order valence-corrected chi connectivity index (χ4v) is 3.96. The van der Waals surface area contributed by atoms with Gasteiger partial charge in [0.2, 0.25) is 10.0 Å². The van der Waals surface area contributed by atoms with Gasteiger partial charge in [0, 0.05) is 38.8 Å². The van der Waals surface area contributed by atoms with Crippen molar-refractivity contribution < 1.29 is 17.9 Å². The molecule has 11 heteroatoms. The van der Waals surface area contributed by atoms with Crippen LogP contribution in [-0.2, 0) is 14.8 Å². The van der Waals surface area contributed by atoms with E-state index in [1.54, 1.807) is 19.2 Å². The van der Waals surface area contributed by atoms with E-state index >= 15 is 0 Å². The lowest BCUT2D eigenvalue weighted by atomic mass is 10.1. The van der Waals surface area contributed by atoms with Crippen molar-refractivity contribution in [3.8, 4) is 5.75 Å². The molecular formula is C19H32ClIN4O4S. The van der Waals surface area contributed by atoms with Crippen LogP contribution in [-0.4, -0.2) is 78.1 Å². The van der Waals surface area contributed by atoms with E-state index < -0.39 is 10.0 Å². The first kappa shape index (κ1) is 27.2. The summed E-state index contributed by atoms with van der Waals surface area (Å²) in [4.78, 5) is 6.07. The summed E-state index contributed by atoms with van der Waals surface area (Å²) in [7, 11) is 0.159. The van der Waals surface area contributed by atoms with E-state index in [0.29, 0.717) is 37.3 Å². The molecule has 0 radical (unpaired) electrons. The summed E-state index contributed by atoms with van der Waals surface area (Å²) in [6.45, 7) is 2.35. The Hall–Kier alpha value is -0.820. The summed E-state index contributed by atoms with van der Waals surface area (Å²) in [6, 6.07) is 7.17. The van der Waals surface area contributed by atoms with Gasteiger partial charge < -0.3 is 19.7 Å². The summed E-state index contributed by atoms with van der Waals surface area (Å²) in [6.07, 6.45) is 3.00. The number of hydrogen-bond donors (Lipinski definition) is 2. The smallest absolute Gasteiger partial charge is 0.213 e. The van der Waals surface area contributed by atoms with E-state index in [0.717, 1.165) is 25.0 Å². The highest BCUT2D eigenvalue weighted by atomic mass is 127. The molecule has 1 aliphatic rings. The van der Waals surface area contributed by atoms with Crippen LogP contribution in [0.5, 0.6) is 5.75 Å². The molecule has 1 fully saturated rings. The molecular weight excluding hydrogens is 543 g/mol. The standard InChI is InChI=1S/C19H31ClN4O4S.HI/c1-21-19(24(2)11-13-28-17-8-6-16(20)7-9-17)22-10-14-29(25,26)23-15-18-5-3-4-12-27-18;/h6-9,18,23H,3-5,10-15H2,1-2H3,(H,21,22);1H. The van der Waals surface area contributed by atoms with Gasteiger partial charge in [-0.3, -0.25) is 4.99 Å². The number of nitrogens with one attached hydrogen (secondary N) is 2. The molecule has 1 unspecified atom stereocenters. The van der Waals surface area contributed by atoms with Crippen LogP contribution in [0.2, 0.25) is 5.02 Å². The number of sulfonamides is 1. The lowest BCUT2D eigenvalue weighted by Gasteiger charge is -2.23. The van der Waals surface area contributed by atoms with Gasteiger partial charge in [0.25, 0.3) is 0 Å². The van der Waals surface area contributed by atoms with Crippen molar-refractivity contribution in [2.24, 2.45) is 4.99 Å². The van der Waals surface area contributed by atoms with Crippen LogP contribution in [0.3, 0.4) is 0 Å². The molecule has 0 bridgehead atoms. The predicted molar refractivity (Wildman–Crippen MR) is 132 cm³/mol. The second-order valence-electron chi connectivity index (χ2n) is 6.85. The SMILES string of the molecule is CN=C(NCCS(=O)(=O)NCC1CCCCO1)N(C)CCOc1ccc(Cl)cc1.I. The van der Waals surface area contributed by atoms with E-state index in [1.807, 2.05) is 24.1 Å². The number of likely N-dealkylation sites (N-methyl/N-ethyl adjacent to an activating group) is 1. The molecule has 0 aliphatic carbocycles. The Labute approximate surface area is 201 Å². The van der Waals surface area contributed by atoms with Crippen molar-refractivity contribution >= 4 is 51.6 Å². The Morgan fingerprint density at radius 2 is 2.07 bits per heavy atom. The molecule has 2 rings (SSSR count). The van der Waals surface area contributed by atoms with Crippen molar-refractivity contribution in [3.05, 3.63) is 29.3 Å². The van der Waals surface area contributed by atoms with E-state index in [9.17, 15) is 8.42 Å². The van der Waals surface area contributed by atoms with Crippen molar-refractivity contribution in [3.63, 3.8) is 0 Å². The summed E-state index contributed by atoms with van der Waals surface area (Å²) >= 11 is 5.85. The normalized spacial score (nSPS) is 17.2. The Kier molecular flexibility index (Phi) is 13.0.